The second-order valence-electron chi connectivity index (χ2n) is 2.56. The molecule has 0 spiro atoms. The van der Waals surface area contributed by atoms with Gasteiger partial charge in [0.25, 0.3) is 0 Å². The number of halogens is 2. The largest absolute Gasteiger partial charge is 0.329 e. The third kappa shape index (κ3) is 3.56. The lowest BCUT2D eigenvalue weighted by molar-refractivity contribution is 0.371. The monoisotopic (exact) mass is 268 g/mol. The van der Waals surface area contributed by atoms with Crippen molar-refractivity contribution in [1.29, 1.82) is 0 Å². The molecule has 72 valence electrons. The van der Waals surface area contributed by atoms with Gasteiger partial charge in [0.05, 0.1) is 6.16 Å². The molecular weight excluding hydrogens is 262 g/mol. The Morgan fingerprint density at radius 2 is 2.08 bits per heavy atom. The number of rotatable bonds is 2. The highest BCUT2D eigenvalue weighted by molar-refractivity contribution is 9.10. The molecule has 0 fully saturated rings. The summed E-state index contributed by atoms with van der Waals surface area (Å²) >= 11 is 3.07. The van der Waals surface area contributed by atoms with Crippen LogP contribution < -0.4 is 0 Å². The summed E-state index contributed by atoms with van der Waals surface area (Å²) in [5.41, 5.74) is 0.272. The maximum Gasteiger partial charge on any atom is 0.329 e. The summed E-state index contributed by atoms with van der Waals surface area (Å²) in [6, 6.07) is 3.73. The van der Waals surface area contributed by atoms with E-state index in [1.54, 1.807) is 0 Å². The van der Waals surface area contributed by atoms with Crippen molar-refractivity contribution in [2.24, 2.45) is 0 Å². The molecule has 1 rings (SSSR count). The minimum Gasteiger partial charge on any atom is -0.324 e. The molecule has 0 saturated heterocycles. The van der Waals surface area contributed by atoms with Crippen molar-refractivity contribution in [3.05, 3.63) is 34.1 Å². The summed E-state index contributed by atoms with van der Waals surface area (Å²) in [4.78, 5) is 17.3. The van der Waals surface area contributed by atoms with E-state index in [1.807, 2.05) is 0 Å². The fraction of sp³-hybridized carbons (Fsp3) is 0.143. The summed E-state index contributed by atoms with van der Waals surface area (Å²) in [7, 11) is -4.13. The van der Waals surface area contributed by atoms with E-state index in [0.29, 0.717) is 4.47 Å². The van der Waals surface area contributed by atoms with Crippen molar-refractivity contribution < 1.29 is 18.7 Å². The number of hydrogen-bond donors (Lipinski definition) is 2. The standard InChI is InChI=1S/C7H7BrFO3P/c8-7-2-1-6(9)3-5(7)4-13(10,11)12/h1-3H,4H2,(H2,10,11,12). The van der Waals surface area contributed by atoms with Crippen LogP contribution in [0.25, 0.3) is 0 Å². The van der Waals surface area contributed by atoms with E-state index in [4.69, 9.17) is 9.79 Å². The zero-order chi connectivity index (χ0) is 10.1. The van der Waals surface area contributed by atoms with E-state index >= 15 is 0 Å². The molecule has 0 saturated carbocycles. The summed E-state index contributed by atoms with van der Waals surface area (Å²) in [5, 5.41) is 0. The lowest BCUT2D eigenvalue weighted by atomic mass is 10.2. The van der Waals surface area contributed by atoms with Gasteiger partial charge in [-0.25, -0.2) is 4.39 Å². The second-order valence-corrected chi connectivity index (χ2v) is 5.06. The van der Waals surface area contributed by atoms with Gasteiger partial charge in [-0.2, -0.15) is 0 Å². The first-order chi connectivity index (χ1) is 5.88. The average molecular weight is 269 g/mol. The van der Waals surface area contributed by atoms with Crippen molar-refractivity contribution in [2.75, 3.05) is 0 Å². The highest BCUT2D eigenvalue weighted by atomic mass is 79.9. The van der Waals surface area contributed by atoms with Gasteiger partial charge in [-0.15, -0.1) is 0 Å². The molecule has 0 atom stereocenters. The van der Waals surface area contributed by atoms with Crippen LogP contribution in [0.15, 0.2) is 22.7 Å². The summed E-state index contributed by atoms with van der Waals surface area (Å²) in [6.07, 6.45) is -0.453. The highest BCUT2D eigenvalue weighted by Crippen LogP contribution is 2.40. The molecule has 0 amide bonds. The maximum absolute atomic E-state index is 12.6. The summed E-state index contributed by atoms with van der Waals surface area (Å²) in [6.45, 7) is 0. The van der Waals surface area contributed by atoms with Crippen molar-refractivity contribution in [3.8, 4) is 0 Å². The molecule has 0 aliphatic heterocycles. The predicted octanol–water partition coefficient (Wildman–Crippen LogP) is 2.27. The van der Waals surface area contributed by atoms with Crippen LogP contribution in [-0.4, -0.2) is 9.79 Å². The Hall–Kier alpha value is -0.220. The third-order valence-electron chi connectivity index (χ3n) is 1.38. The van der Waals surface area contributed by atoms with Crippen LogP contribution in [0, 0.1) is 5.82 Å². The van der Waals surface area contributed by atoms with Gasteiger partial charge in [0.1, 0.15) is 5.82 Å². The zero-order valence-corrected chi connectivity index (χ0v) is 8.93. The molecule has 6 heteroatoms. The molecule has 13 heavy (non-hydrogen) atoms. The molecule has 1 aromatic rings. The Bertz CT molecular complexity index is 363. The molecule has 1 aromatic carbocycles. The molecule has 0 aliphatic carbocycles. The fourth-order valence-corrected chi connectivity index (χ4v) is 2.20. The molecule has 0 aromatic heterocycles. The number of benzene rings is 1. The van der Waals surface area contributed by atoms with Crippen LogP contribution in [0.3, 0.4) is 0 Å². The molecule has 0 unspecified atom stereocenters. The van der Waals surface area contributed by atoms with Crippen LogP contribution in [-0.2, 0) is 10.7 Å². The summed E-state index contributed by atoms with van der Waals surface area (Å²) in [5.74, 6) is -0.508. The molecule has 0 heterocycles. The Morgan fingerprint density at radius 1 is 1.46 bits per heavy atom. The van der Waals surface area contributed by atoms with Crippen LogP contribution in [0.1, 0.15) is 5.56 Å². The SMILES string of the molecule is O=P(O)(O)Cc1cc(F)ccc1Br. The maximum atomic E-state index is 12.6. The Balaban J connectivity index is 3.01. The van der Waals surface area contributed by atoms with E-state index in [0.717, 1.165) is 6.07 Å². The van der Waals surface area contributed by atoms with Crippen molar-refractivity contribution in [2.45, 2.75) is 6.16 Å². The minimum absolute atomic E-state index is 0.272. The summed E-state index contributed by atoms with van der Waals surface area (Å²) < 4.78 is 23.8. The van der Waals surface area contributed by atoms with Crippen molar-refractivity contribution in [3.63, 3.8) is 0 Å². The Labute approximate surface area is 82.9 Å². The second kappa shape index (κ2) is 3.88. The first kappa shape index (κ1) is 10.9. The molecule has 0 bridgehead atoms. The van der Waals surface area contributed by atoms with Gasteiger partial charge < -0.3 is 9.79 Å². The lowest BCUT2D eigenvalue weighted by Gasteiger charge is -2.05. The van der Waals surface area contributed by atoms with E-state index in [9.17, 15) is 8.96 Å². The highest BCUT2D eigenvalue weighted by Gasteiger charge is 2.16. The van der Waals surface area contributed by atoms with Gasteiger partial charge in [0.15, 0.2) is 0 Å². The van der Waals surface area contributed by atoms with E-state index < -0.39 is 19.6 Å². The predicted molar refractivity (Wildman–Crippen MR) is 49.8 cm³/mol. The minimum atomic E-state index is -4.13. The third-order valence-corrected chi connectivity index (χ3v) is 2.91. The normalized spacial score (nSPS) is 11.7. The Morgan fingerprint density at radius 3 is 2.62 bits per heavy atom. The van der Waals surface area contributed by atoms with E-state index in [-0.39, 0.29) is 5.56 Å². The quantitative estimate of drug-likeness (QED) is 0.809. The van der Waals surface area contributed by atoms with Gasteiger partial charge in [-0.1, -0.05) is 15.9 Å². The fourth-order valence-electron chi connectivity index (χ4n) is 0.886. The van der Waals surface area contributed by atoms with Gasteiger partial charge >= 0.3 is 7.60 Å². The van der Waals surface area contributed by atoms with E-state index in [1.165, 1.54) is 12.1 Å². The van der Waals surface area contributed by atoms with Gasteiger partial charge in [0, 0.05) is 4.47 Å². The van der Waals surface area contributed by atoms with Crippen LogP contribution >= 0.6 is 23.5 Å². The molecule has 0 radical (unpaired) electrons. The first-order valence-electron chi connectivity index (χ1n) is 3.37. The first-order valence-corrected chi connectivity index (χ1v) is 5.96. The topological polar surface area (TPSA) is 57.5 Å². The zero-order valence-electron chi connectivity index (χ0n) is 6.44. The lowest BCUT2D eigenvalue weighted by Crippen LogP contribution is -1.89. The van der Waals surface area contributed by atoms with Crippen LogP contribution in [0.5, 0.6) is 0 Å². The smallest absolute Gasteiger partial charge is 0.324 e. The molecule has 3 nitrogen and oxygen atoms in total. The van der Waals surface area contributed by atoms with Crippen molar-refractivity contribution >= 4 is 23.5 Å². The molecule has 2 N–H and O–H groups in total. The molecule has 0 aliphatic rings. The van der Waals surface area contributed by atoms with Gasteiger partial charge in [0.2, 0.25) is 0 Å². The average Bonchev–Trinajstić information content (AvgIpc) is 1.94. The van der Waals surface area contributed by atoms with Crippen LogP contribution in [0.4, 0.5) is 4.39 Å². The van der Waals surface area contributed by atoms with Gasteiger partial charge in [-0.3, -0.25) is 4.57 Å². The van der Waals surface area contributed by atoms with E-state index in [2.05, 4.69) is 15.9 Å². The molecular formula is C7H7BrFO3P. The Kier molecular flexibility index (Phi) is 3.24. The van der Waals surface area contributed by atoms with Crippen molar-refractivity contribution in [1.82, 2.24) is 0 Å². The van der Waals surface area contributed by atoms with Crippen LogP contribution in [0.2, 0.25) is 0 Å². The van der Waals surface area contributed by atoms with Gasteiger partial charge in [-0.05, 0) is 23.8 Å². The number of hydrogen-bond acceptors (Lipinski definition) is 1.